The Bertz CT molecular complexity index is 1610. The van der Waals surface area contributed by atoms with Gasteiger partial charge in [-0.05, 0) is 87.9 Å². The lowest BCUT2D eigenvalue weighted by Crippen LogP contribution is -2.41. The predicted molar refractivity (Wildman–Crippen MR) is 155 cm³/mol. The molecule has 0 saturated heterocycles. The number of carbonyl (C=O) groups is 1. The Morgan fingerprint density at radius 1 is 1.15 bits per heavy atom. The van der Waals surface area contributed by atoms with Crippen molar-refractivity contribution in [3.63, 3.8) is 0 Å². The van der Waals surface area contributed by atoms with Crippen molar-refractivity contribution in [3.8, 4) is 17.0 Å². The summed E-state index contributed by atoms with van der Waals surface area (Å²) in [5, 5.41) is 30.5. The minimum atomic E-state index is -1.05. The molecular formula is C31H31Cl2N3O5. The Kier molecular flexibility index (Phi) is 7.12. The van der Waals surface area contributed by atoms with E-state index < -0.39 is 11.6 Å². The van der Waals surface area contributed by atoms with Crippen LogP contribution in [0.2, 0.25) is 10.0 Å². The van der Waals surface area contributed by atoms with Gasteiger partial charge in [0.1, 0.15) is 23.8 Å². The number of nitrogens with zero attached hydrogens (tertiary/aromatic N) is 3. The van der Waals surface area contributed by atoms with Crippen LogP contribution in [-0.2, 0) is 12.2 Å². The number of benzene rings is 2. The Morgan fingerprint density at radius 2 is 1.85 bits per heavy atom. The number of aromatic nitrogens is 3. The fourth-order valence-corrected chi connectivity index (χ4v) is 6.44. The number of carboxylic acids is 1. The van der Waals surface area contributed by atoms with Gasteiger partial charge in [0.25, 0.3) is 0 Å². The summed E-state index contributed by atoms with van der Waals surface area (Å²) in [5.41, 5.74) is 3.67. The number of aliphatic hydroxyl groups is 1. The highest BCUT2D eigenvalue weighted by molar-refractivity contribution is 6.39. The first-order valence-electron chi connectivity index (χ1n) is 13.8. The molecule has 2 aliphatic carbocycles. The highest BCUT2D eigenvalue weighted by Gasteiger charge is 2.47. The lowest BCUT2D eigenvalue weighted by atomic mass is 9.65. The first-order valence-corrected chi connectivity index (χ1v) is 14.5. The Labute approximate surface area is 247 Å². The minimum Gasteiger partial charge on any atom is -0.489 e. The zero-order valence-corrected chi connectivity index (χ0v) is 24.5. The van der Waals surface area contributed by atoms with Gasteiger partial charge in [0, 0.05) is 29.1 Å². The summed E-state index contributed by atoms with van der Waals surface area (Å²) in [6.07, 6.45) is 3.06. The number of carboxylic acid groups (broad SMARTS) is 1. The van der Waals surface area contributed by atoms with E-state index in [1.54, 1.807) is 28.9 Å². The molecule has 2 saturated carbocycles. The number of rotatable bonds is 9. The molecule has 0 radical (unpaired) electrons. The fourth-order valence-electron chi connectivity index (χ4n) is 5.87. The van der Waals surface area contributed by atoms with Crippen LogP contribution in [0.25, 0.3) is 11.3 Å². The van der Waals surface area contributed by atoms with Gasteiger partial charge in [-0.25, -0.2) is 4.79 Å². The maximum Gasteiger partial charge on any atom is 0.356 e. The van der Waals surface area contributed by atoms with Crippen molar-refractivity contribution in [3.05, 3.63) is 86.3 Å². The second kappa shape index (κ2) is 10.5. The molecule has 0 unspecified atom stereocenters. The number of aryl methyl sites for hydroxylation is 1. The second-order valence-electron chi connectivity index (χ2n) is 11.4. The molecule has 2 aliphatic rings. The number of hydrogen-bond acceptors (Lipinski definition) is 6. The predicted octanol–water partition coefficient (Wildman–Crippen LogP) is 7.65. The van der Waals surface area contributed by atoms with Crippen LogP contribution >= 0.6 is 23.2 Å². The van der Waals surface area contributed by atoms with Crippen molar-refractivity contribution in [2.75, 3.05) is 0 Å². The third kappa shape index (κ3) is 5.13. The van der Waals surface area contributed by atoms with E-state index in [0.29, 0.717) is 45.8 Å². The Balaban J connectivity index is 1.20. The van der Waals surface area contributed by atoms with Crippen molar-refractivity contribution in [2.24, 2.45) is 0 Å². The van der Waals surface area contributed by atoms with Gasteiger partial charge in [-0.15, -0.1) is 0 Å². The van der Waals surface area contributed by atoms with Crippen LogP contribution in [0.4, 0.5) is 0 Å². The molecular weight excluding hydrogens is 565 g/mol. The van der Waals surface area contributed by atoms with E-state index in [-0.39, 0.29) is 24.3 Å². The van der Waals surface area contributed by atoms with Crippen molar-refractivity contribution in [1.29, 1.82) is 0 Å². The maximum absolute atomic E-state index is 11.5. The van der Waals surface area contributed by atoms with Crippen LogP contribution < -0.4 is 4.74 Å². The van der Waals surface area contributed by atoms with Crippen LogP contribution in [0, 0.1) is 6.92 Å². The second-order valence-corrected chi connectivity index (χ2v) is 12.3. The van der Waals surface area contributed by atoms with Crippen LogP contribution in [0.15, 0.2) is 47.0 Å². The lowest BCUT2D eigenvalue weighted by molar-refractivity contribution is -0.0575. The van der Waals surface area contributed by atoms with Gasteiger partial charge in [0.15, 0.2) is 5.69 Å². The normalized spacial score (nSPS) is 20.3. The maximum atomic E-state index is 11.5. The summed E-state index contributed by atoms with van der Waals surface area (Å²) < 4.78 is 13.7. The van der Waals surface area contributed by atoms with E-state index in [2.05, 4.69) is 10.3 Å². The van der Waals surface area contributed by atoms with E-state index in [1.165, 1.54) is 0 Å². The summed E-state index contributed by atoms with van der Waals surface area (Å²) >= 11 is 13.0. The van der Waals surface area contributed by atoms with Gasteiger partial charge in [-0.2, -0.15) is 5.10 Å². The average Bonchev–Trinajstić information content (AvgIpc) is 3.50. The molecule has 2 N–H and O–H groups in total. The van der Waals surface area contributed by atoms with Gasteiger partial charge >= 0.3 is 5.97 Å². The van der Waals surface area contributed by atoms with Gasteiger partial charge in [-0.1, -0.05) is 40.5 Å². The van der Waals surface area contributed by atoms with E-state index in [4.69, 9.17) is 32.5 Å². The first kappa shape index (κ1) is 27.8. The molecule has 6 rings (SSSR count). The van der Waals surface area contributed by atoms with E-state index >= 15 is 0 Å². The number of aromatic carboxylic acids is 1. The quantitative estimate of drug-likeness (QED) is 0.204. The van der Waals surface area contributed by atoms with E-state index in [0.717, 1.165) is 41.0 Å². The molecule has 10 heteroatoms. The summed E-state index contributed by atoms with van der Waals surface area (Å²) in [7, 11) is 0. The molecule has 0 amide bonds. The molecule has 2 heterocycles. The van der Waals surface area contributed by atoms with Gasteiger partial charge in [0.05, 0.1) is 21.2 Å². The van der Waals surface area contributed by atoms with E-state index in [1.807, 2.05) is 39.0 Å². The zero-order chi connectivity index (χ0) is 29.1. The zero-order valence-electron chi connectivity index (χ0n) is 23.0. The molecule has 0 spiro atoms. The van der Waals surface area contributed by atoms with Gasteiger partial charge < -0.3 is 19.5 Å². The SMILES string of the molecule is Cc1cc(OCc2c(-c3c(Cl)cccc3Cl)noc2C2CC2)ccc1[C@]1(O)C[C@@H](c2cc(C(=O)O)nn2C(C)C)C1. The standard InChI is InChI=1S/C31H31Cl2N3O5/c1-16(2)36-26(12-25(34-36)30(37)38)19-13-31(39,14-19)22-10-9-20(11-17(22)3)40-15-21-28(35-41-29(21)18-7-8-18)27-23(32)5-4-6-24(27)33/h4-6,9-12,16,18-19,39H,7-8,13-15H2,1-3H3,(H,37,38)/t19-,31+. The largest absolute Gasteiger partial charge is 0.489 e. The van der Waals surface area contributed by atoms with Crippen molar-refractivity contribution in [1.82, 2.24) is 14.9 Å². The van der Waals surface area contributed by atoms with Crippen LogP contribution in [-0.4, -0.2) is 31.1 Å². The van der Waals surface area contributed by atoms with Crippen molar-refractivity contribution in [2.45, 2.75) is 76.5 Å². The highest BCUT2D eigenvalue weighted by atomic mass is 35.5. The van der Waals surface area contributed by atoms with Crippen molar-refractivity contribution < 1.29 is 24.3 Å². The molecule has 2 aromatic heterocycles. The molecule has 214 valence electrons. The molecule has 0 bridgehead atoms. The molecule has 8 nitrogen and oxygen atoms in total. The van der Waals surface area contributed by atoms with Crippen molar-refractivity contribution >= 4 is 29.2 Å². The topological polar surface area (TPSA) is 111 Å². The number of ether oxygens (including phenoxy) is 1. The fraction of sp³-hybridized carbons (Fsp3) is 0.387. The summed E-state index contributed by atoms with van der Waals surface area (Å²) in [5.74, 6) is 0.756. The average molecular weight is 597 g/mol. The molecule has 2 aromatic carbocycles. The van der Waals surface area contributed by atoms with E-state index in [9.17, 15) is 15.0 Å². The molecule has 4 aromatic rings. The monoisotopic (exact) mass is 595 g/mol. The van der Waals surface area contributed by atoms with Crippen LogP contribution in [0.3, 0.4) is 0 Å². The van der Waals surface area contributed by atoms with Crippen LogP contribution in [0.1, 0.15) is 96.0 Å². The van der Waals surface area contributed by atoms with Gasteiger partial charge in [-0.3, -0.25) is 4.68 Å². The third-order valence-electron chi connectivity index (χ3n) is 8.11. The first-order chi connectivity index (χ1) is 19.6. The number of hydrogen-bond donors (Lipinski definition) is 2. The summed E-state index contributed by atoms with van der Waals surface area (Å²) in [6.45, 7) is 6.13. The molecule has 0 aliphatic heterocycles. The Hall–Kier alpha value is -3.33. The summed E-state index contributed by atoms with van der Waals surface area (Å²) in [6, 6.07) is 12.7. The number of halogens is 2. The molecule has 41 heavy (non-hydrogen) atoms. The minimum absolute atomic E-state index is 0.0165. The smallest absolute Gasteiger partial charge is 0.356 e. The molecule has 0 atom stereocenters. The highest BCUT2D eigenvalue weighted by Crippen LogP contribution is 2.52. The third-order valence-corrected chi connectivity index (χ3v) is 8.74. The molecule has 2 fully saturated rings. The van der Waals surface area contributed by atoms with Gasteiger partial charge in [0.2, 0.25) is 0 Å². The Morgan fingerprint density at radius 3 is 2.46 bits per heavy atom. The lowest BCUT2D eigenvalue weighted by Gasteiger charge is -2.45. The van der Waals surface area contributed by atoms with Crippen LogP contribution in [0.5, 0.6) is 5.75 Å². The summed E-state index contributed by atoms with van der Waals surface area (Å²) in [4.78, 5) is 11.5.